The minimum atomic E-state index is 0.920. The fourth-order valence-electron chi connectivity index (χ4n) is 1.91. The van der Waals surface area contributed by atoms with Crippen LogP contribution in [0, 0.1) is 6.92 Å². The second kappa shape index (κ2) is 3.98. The van der Waals surface area contributed by atoms with Crippen molar-refractivity contribution in [1.29, 1.82) is 0 Å². The van der Waals surface area contributed by atoms with Crippen molar-refractivity contribution in [3.8, 4) is 11.3 Å². The third kappa shape index (κ3) is 1.89. The first-order chi connectivity index (χ1) is 8.33. The van der Waals surface area contributed by atoms with Gasteiger partial charge in [0.25, 0.3) is 0 Å². The van der Waals surface area contributed by atoms with Crippen molar-refractivity contribution in [2.75, 3.05) is 0 Å². The second-order valence-electron chi connectivity index (χ2n) is 4.16. The van der Waals surface area contributed by atoms with Crippen LogP contribution >= 0.6 is 0 Å². The number of benzene rings is 2. The topological polar surface area (TPSA) is 25.8 Å². The Morgan fingerprint density at radius 2 is 1.65 bits per heavy atom. The average molecular weight is 220 g/mol. The lowest BCUT2D eigenvalue weighted by atomic mass is 10.1. The molecular formula is C15H12N2. The Hall–Kier alpha value is -2.22. The van der Waals surface area contributed by atoms with E-state index in [1.54, 1.807) is 0 Å². The highest BCUT2D eigenvalue weighted by Gasteiger charge is 2.02. The zero-order valence-corrected chi connectivity index (χ0v) is 9.59. The molecule has 0 saturated carbocycles. The maximum absolute atomic E-state index is 4.26. The molecule has 0 fully saturated rings. The zero-order valence-electron chi connectivity index (χ0n) is 9.59. The largest absolute Gasteiger partial charge is 0.150 e. The molecule has 1 aromatic heterocycles. The summed E-state index contributed by atoms with van der Waals surface area (Å²) < 4.78 is 0. The minimum Gasteiger partial charge on any atom is -0.150 e. The lowest BCUT2D eigenvalue weighted by Crippen LogP contribution is -1.89. The summed E-state index contributed by atoms with van der Waals surface area (Å²) in [4.78, 5) is 0. The van der Waals surface area contributed by atoms with Crippen LogP contribution in [-0.2, 0) is 0 Å². The van der Waals surface area contributed by atoms with Gasteiger partial charge in [0.05, 0.1) is 11.2 Å². The SMILES string of the molecule is Cc1ccc2nnc(-c3ccccc3)cc2c1. The molecule has 82 valence electrons. The van der Waals surface area contributed by atoms with Gasteiger partial charge < -0.3 is 0 Å². The summed E-state index contributed by atoms with van der Waals surface area (Å²) in [5, 5.41) is 9.64. The summed E-state index contributed by atoms with van der Waals surface area (Å²) >= 11 is 0. The van der Waals surface area contributed by atoms with Crippen LogP contribution in [0.4, 0.5) is 0 Å². The van der Waals surface area contributed by atoms with Crippen LogP contribution in [0.5, 0.6) is 0 Å². The smallest absolute Gasteiger partial charge is 0.0936 e. The monoisotopic (exact) mass is 220 g/mol. The Morgan fingerprint density at radius 1 is 0.824 bits per heavy atom. The van der Waals surface area contributed by atoms with Gasteiger partial charge in [-0.05, 0) is 25.1 Å². The van der Waals surface area contributed by atoms with Crippen LogP contribution in [0.1, 0.15) is 5.56 Å². The van der Waals surface area contributed by atoms with Crippen LogP contribution in [-0.4, -0.2) is 10.2 Å². The molecule has 2 aromatic carbocycles. The molecule has 17 heavy (non-hydrogen) atoms. The van der Waals surface area contributed by atoms with Crippen molar-refractivity contribution in [1.82, 2.24) is 10.2 Å². The summed E-state index contributed by atoms with van der Waals surface area (Å²) in [6, 6.07) is 18.4. The van der Waals surface area contributed by atoms with Crippen molar-refractivity contribution in [2.24, 2.45) is 0 Å². The number of aromatic nitrogens is 2. The maximum Gasteiger partial charge on any atom is 0.0936 e. The molecule has 0 atom stereocenters. The van der Waals surface area contributed by atoms with Gasteiger partial charge >= 0.3 is 0 Å². The number of hydrogen-bond donors (Lipinski definition) is 0. The van der Waals surface area contributed by atoms with Gasteiger partial charge in [0.2, 0.25) is 0 Å². The van der Waals surface area contributed by atoms with Crippen molar-refractivity contribution in [3.05, 3.63) is 60.2 Å². The van der Waals surface area contributed by atoms with E-state index in [0.717, 1.165) is 22.2 Å². The molecule has 0 radical (unpaired) electrons. The van der Waals surface area contributed by atoms with Gasteiger partial charge in [0.1, 0.15) is 0 Å². The van der Waals surface area contributed by atoms with Gasteiger partial charge in [-0.3, -0.25) is 0 Å². The lowest BCUT2D eigenvalue weighted by Gasteiger charge is -2.02. The van der Waals surface area contributed by atoms with Gasteiger partial charge in [0, 0.05) is 10.9 Å². The first-order valence-electron chi connectivity index (χ1n) is 5.62. The van der Waals surface area contributed by atoms with E-state index < -0.39 is 0 Å². The zero-order chi connectivity index (χ0) is 11.7. The number of nitrogens with zero attached hydrogens (tertiary/aromatic N) is 2. The molecular weight excluding hydrogens is 208 g/mol. The predicted octanol–water partition coefficient (Wildman–Crippen LogP) is 3.61. The minimum absolute atomic E-state index is 0.920. The summed E-state index contributed by atoms with van der Waals surface area (Å²) in [6.07, 6.45) is 0. The summed E-state index contributed by atoms with van der Waals surface area (Å²) in [7, 11) is 0. The van der Waals surface area contributed by atoms with E-state index in [9.17, 15) is 0 Å². The van der Waals surface area contributed by atoms with Crippen molar-refractivity contribution in [3.63, 3.8) is 0 Å². The Morgan fingerprint density at radius 3 is 2.47 bits per heavy atom. The van der Waals surface area contributed by atoms with E-state index in [2.05, 4.69) is 35.3 Å². The highest BCUT2D eigenvalue weighted by Crippen LogP contribution is 2.20. The molecule has 0 aliphatic carbocycles. The summed E-state index contributed by atoms with van der Waals surface area (Å²) in [5.41, 5.74) is 4.20. The summed E-state index contributed by atoms with van der Waals surface area (Å²) in [6.45, 7) is 2.09. The Balaban J connectivity index is 2.19. The van der Waals surface area contributed by atoms with E-state index >= 15 is 0 Å². The Kier molecular flexibility index (Phi) is 2.33. The van der Waals surface area contributed by atoms with Gasteiger partial charge in [0.15, 0.2) is 0 Å². The quantitative estimate of drug-likeness (QED) is 0.626. The Labute approximate surface area is 99.9 Å². The van der Waals surface area contributed by atoms with Crippen LogP contribution in [0.2, 0.25) is 0 Å². The van der Waals surface area contributed by atoms with E-state index in [1.165, 1.54) is 5.56 Å². The van der Waals surface area contributed by atoms with E-state index in [0.29, 0.717) is 0 Å². The molecule has 3 aromatic rings. The molecule has 0 spiro atoms. The number of rotatable bonds is 1. The molecule has 1 heterocycles. The molecule has 0 aliphatic rings. The van der Waals surface area contributed by atoms with Crippen LogP contribution in [0.15, 0.2) is 54.6 Å². The third-order valence-electron chi connectivity index (χ3n) is 2.81. The van der Waals surface area contributed by atoms with Crippen LogP contribution in [0.25, 0.3) is 22.2 Å². The molecule has 0 saturated heterocycles. The van der Waals surface area contributed by atoms with E-state index in [1.807, 2.05) is 36.4 Å². The third-order valence-corrected chi connectivity index (χ3v) is 2.81. The van der Waals surface area contributed by atoms with Crippen LogP contribution in [0.3, 0.4) is 0 Å². The first-order valence-corrected chi connectivity index (χ1v) is 5.62. The van der Waals surface area contributed by atoms with Gasteiger partial charge in [-0.15, -0.1) is 10.2 Å². The lowest BCUT2D eigenvalue weighted by molar-refractivity contribution is 1.08. The van der Waals surface area contributed by atoms with Crippen molar-refractivity contribution >= 4 is 10.9 Å². The molecule has 0 unspecified atom stereocenters. The Bertz CT molecular complexity index is 660. The van der Waals surface area contributed by atoms with Gasteiger partial charge in [-0.1, -0.05) is 42.0 Å². The number of fused-ring (bicyclic) bond motifs is 1. The summed E-state index contributed by atoms with van der Waals surface area (Å²) in [5.74, 6) is 0. The highest BCUT2D eigenvalue weighted by atomic mass is 15.1. The van der Waals surface area contributed by atoms with E-state index in [-0.39, 0.29) is 0 Å². The molecule has 0 N–H and O–H groups in total. The predicted molar refractivity (Wildman–Crippen MR) is 69.7 cm³/mol. The first kappa shape index (κ1) is 9.97. The molecule has 2 heteroatoms. The van der Waals surface area contributed by atoms with Gasteiger partial charge in [-0.2, -0.15) is 0 Å². The fraction of sp³-hybridized carbons (Fsp3) is 0.0667. The normalized spacial score (nSPS) is 10.6. The standard InChI is InChI=1S/C15H12N2/c1-11-7-8-14-13(9-11)10-15(17-16-14)12-5-3-2-4-6-12/h2-10H,1H3. The fourth-order valence-corrected chi connectivity index (χ4v) is 1.91. The number of hydrogen-bond acceptors (Lipinski definition) is 2. The maximum atomic E-state index is 4.26. The molecule has 0 aliphatic heterocycles. The van der Waals surface area contributed by atoms with Crippen molar-refractivity contribution in [2.45, 2.75) is 6.92 Å². The highest BCUT2D eigenvalue weighted by molar-refractivity contribution is 5.82. The van der Waals surface area contributed by atoms with E-state index in [4.69, 9.17) is 0 Å². The van der Waals surface area contributed by atoms with Crippen LogP contribution < -0.4 is 0 Å². The number of aryl methyl sites for hydroxylation is 1. The molecule has 2 nitrogen and oxygen atoms in total. The second-order valence-corrected chi connectivity index (χ2v) is 4.16. The average Bonchev–Trinajstić information content (AvgIpc) is 2.39. The molecule has 0 bridgehead atoms. The van der Waals surface area contributed by atoms with Gasteiger partial charge in [-0.25, -0.2) is 0 Å². The molecule has 0 amide bonds. The molecule has 3 rings (SSSR count). The van der Waals surface area contributed by atoms with Crippen molar-refractivity contribution < 1.29 is 0 Å².